The van der Waals surface area contributed by atoms with Crippen molar-refractivity contribution in [1.29, 1.82) is 0 Å². The summed E-state index contributed by atoms with van der Waals surface area (Å²) >= 11 is 0. The highest BCUT2D eigenvalue weighted by molar-refractivity contribution is 5.86. The highest BCUT2D eigenvalue weighted by Gasteiger charge is 2.98. The Morgan fingerprint density at radius 1 is 0.658 bits per heavy atom. The Hall–Kier alpha value is -2.16. The molecule has 3 nitrogen and oxygen atoms in total. The topological polar surface area (TPSA) is 46.5 Å². The number of alkyl halides is 19. The van der Waals surface area contributed by atoms with Crippen LogP contribution in [0.15, 0.2) is 12.2 Å². The molecule has 0 rings (SSSR count). The van der Waals surface area contributed by atoms with Crippen LogP contribution in [0.1, 0.15) is 13.3 Å². The van der Waals surface area contributed by atoms with E-state index in [1.54, 1.807) is 0 Å². The highest BCUT2D eigenvalue weighted by atomic mass is 19.4. The van der Waals surface area contributed by atoms with Crippen LogP contribution >= 0.6 is 0 Å². The van der Waals surface area contributed by atoms with Crippen molar-refractivity contribution in [2.24, 2.45) is 0 Å². The molecule has 0 fully saturated rings. The summed E-state index contributed by atoms with van der Waals surface area (Å²) in [5.74, 6) is -52.4. The van der Waals surface area contributed by atoms with Gasteiger partial charge in [-0.15, -0.1) is 0 Å². The molecular weight excluding hydrogens is 601 g/mol. The number of hydrogen-bond acceptors (Lipinski definition) is 3. The first-order chi connectivity index (χ1) is 16.2. The minimum absolute atomic E-state index is 0.551. The van der Waals surface area contributed by atoms with E-state index >= 15 is 0 Å². The third-order valence-electron chi connectivity index (χ3n) is 4.50. The Balaban J connectivity index is 6.69. The number of ether oxygens (including phenoxy) is 1. The quantitative estimate of drug-likeness (QED) is 0.165. The number of hydrogen-bond donors (Lipinski definition) is 1. The zero-order valence-corrected chi connectivity index (χ0v) is 17.6. The van der Waals surface area contributed by atoms with E-state index in [9.17, 15) is 88.2 Å². The van der Waals surface area contributed by atoms with Crippen LogP contribution in [-0.2, 0) is 9.53 Å². The third kappa shape index (κ3) is 5.19. The van der Waals surface area contributed by atoms with E-state index in [-0.39, 0.29) is 0 Å². The van der Waals surface area contributed by atoms with E-state index in [1.165, 1.54) is 0 Å². The second kappa shape index (κ2) is 9.79. The standard InChI is InChI=1S/C16H11F19O3/c1-5(2)7(37)38-4-6(36)3-8(17,18)10(20,21)12(24,25)14(28,29)13(26,27)11(22,23)9(19,15(30,31)32)16(33,34)35/h6,36H,1,3-4H2,2H3. The van der Waals surface area contributed by atoms with Crippen LogP contribution in [0.25, 0.3) is 0 Å². The third-order valence-corrected chi connectivity index (χ3v) is 4.50. The lowest BCUT2D eigenvalue weighted by molar-refractivity contribution is -0.472. The molecule has 0 saturated heterocycles. The molecule has 0 radical (unpaired) electrons. The van der Waals surface area contributed by atoms with Crippen LogP contribution in [0.5, 0.6) is 0 Å². The molecule has 0 aliphatic heterocycles. The van der Waals surface area contributed by atoms with Crippen molar-refractivity contribution in [1.82, 2.24) is 0 Å². The molecule has 0 bridgehead atoms. The summed E-state index contributed by atoms with van der Waals surface area (Å²) < 4.78 is 255. The van der Waals surface area contributed by atoms with Crippen LogP contribution in [-0.4, -0.2) is 77.3 Å². The molecule has 22 heteroatoms. The maximum Gasteiger partial charge on any atom is 0.438 e. The van der Waals surface area contributed by atoms with Crippen LogP contribution in [0, 0.1) is 0 Å². The molecule has 1 N–H and O–H groups in total. The Kier molecular flexibility index (Phi) is 9.23. The molecule has 0 aliphatic carbocycles. The monoisotopic (exact) mass is 612 g/mol. The maximum atomic E-state index is 13.7. The first kappa shape index (κ1) is 35.8. The minimum Gasteiger partial charge on any atom is -0.460 e. The molecule has 1 unspecified atom stereocenters. The number of aliphatic hydroxyl groups excluding tert-OH is 1. The van der Waals surface area contributed by atoms with Crippen molar-refractivity contribution >= 4 is 5.97 Å². The lowest BCUT2D eigenvalue weighted by Gasteiger charge is -2.45. The highest BCUT2D eigenvalue weighted by Crippen LogP contribution is 2.66. The fourth-order valence-electron chi connectivity index (χ4n) is 2.33. The summed E-state index contributed by atoms with van der Waals surface area (Å²) in [5.41, 5.74) is -9.36. The average molecular weight is 612 g/mol. The van der Waals surface area contributed by atoms with E-state index < -0.39 is 84.2 Å². The van der Waals surface area contributed by atoms with Gasteiger partial charge in [-0.2, -0.15) is 79.0 Å². The fourth-order valence-corrected chi connectivity index (χ4v) is 2.33. The van der Waals surface area contributed by atoms with Gasteiger partial charge in [0.2, 0.25) is 0 Å². The number of esters is 1. The van der Waals surface area contributed by atoms with Crippen molar-refractivity contribution in [2.75, 3.05) is 6.61 Å². The van der Waals surface area contributed by atoms with Crippen molar-refractivity contribution < 1.29 is 98.1 Å². The SMILES string of the molecule is C=C(C)C(=O)OCC(O)CC(F)(F)C(F)(F)C(F)(F)C(F)(F)C(F)(F)C(F)(F)C(F)(C(F)(F)F)C(F)(F)F. The normalized spacial score (nSPS) is 16.3. The number of halogens is 19. The van der Waals surface area contributed by atoms with E-state index in [1.807, 2.05) is 0 Å². The predicted octanol–water partition coefficient (Wildman–Crippen LogP) is 6.50. The van der Waals surface area contributed by atoms with Gasteiger partial charge in [0.1, 0.15) is 6.61 Å². The Labute approximate surface area is 197 Å². The first-order valence-electron chi connectivity index (χ1n) is 8.82. The van der Waals surface area contributed by atoms with Crippen LogP contribution in [0.3, 0.4) is 0 Å². The Morgan fingerprint density at radius 2 is 0.974 bits per heavy atom. The summed E-state index contributed by atoms with van der Waals surface area (Å²) in [6, 6.07) is 0. The van der Waals surface area contributed by atoms with Crippen LogP contribution < -0.4 is 0 Å². The Bertz CT molecular complexity index is 871. The second-order valence-electron chi connectivity index (χ2n) is 7.47. The van der Waals surface area contributed by atoms with Crippen molar-refractivity contribution in [2.45, 2.75) is 73.0 Å². The fraction of sp³-hybridized carbons (Fsp3) is 0.812. The van der Waals surface area contributed by atoms with Gasteiger partial charge in [-0.1, -0.05) is 6.58 Å². The van der Waals surface area contributed by atoms with Gasteiger partial charge in [-0.05, 0) is 6.92 Å². The molecule has 0 aromatic carbocycles. The summed E-state index contributed by atoms with van der Waals surface area (Å²) in [7, 11) is 0. The van der Waals surface area contributed by atoms with E-state index in [0.29, 0.717) is 0 Å². The smallest absolute Gasteiger partial charge is 0.438 e. The van der Waals surface area contributed by atoms with Crippen molar-refractivity contribution in [3.8, 4) is 0 Å². The van der Waals surface area contributed by atoms with Crippen LogP contribution in [0.4, 0.5) is 83.4 Å². The second-order valence-corrected chi connectivity index (χ2v) is 7.47. The molecule has 0 saturated carbocycles. The molecule has 1 atom stereocenters. The molecule has 0 spiro atoms. The zero-order valence-electron chi connectivity index (χ0n) is 17.6. The van der Waals surface area contributed by atoms with Gasteiger partial charge in [-0.3, -0.25) is 0 Å². The molecule has 0 heterocycles. The predicted molar refractivity (Wildman–Crippen MR) is 82.0 cm³/mol. The molecule has 0 amide bonds. The molecule has 226 valence electrons. The van der Waals surface area contributed by atoms with Gasteiger partial charge >= 0.3 is 59.5 Å². The minimum atomic E-state index is -9.11. The lowest BCUT2D eigenvalue weighted by atomic mass is 9.83. The van der Waals surface area contributed by atoms with E-state index in [4.69, 9.17) is 5.11 Å². The molecular formula is C16H11F19O3. The van der Waals surface area contributed by atoms with Gasteiger partial charge in [0.05, 0.1) is 6.10 Å². The van der Waals surface area contributed by atoms with Gasteiger partial charge in [0.25, 0.3) is 0 Å². The number of carbonyl (C=O) groups is 1. The molecule has 0 aromatic heterocycles. The maximum absolute atomic E-state index is 13.7. The number of carbonyl (C=O) groups excluding carboxylic acids is 1. The van der Waals surface area contributed by atoms with Crippen molar-refractivity contribution in [3.05, 3.63) is 12.2 Å². The number of rotatable bonds is 11. The summed E-state index contributed by atoms with van der Waals surface area (Å²) in [6.45, 7) is 1.94. The van der Waals surface area contributed by atoms with Gasteiger partial charge < -0.3 is 9.84 Å². The first-order valence-corrected chi connectivity index (χ1v) is 8.82. The lowest BCUT2D eigenvalue weighted by Crippen LogP contribution is -2.77. The van der Waals surface area contributed by atoms with E-state index in [2.05, 4.69) is 11.3 Å². The molecule has 0 aromatic rings. The Morgan fingerprint density at radius 3 is 1.29 bits per heavy atom. The zero-order chi connectivity index (χ0) is 31.4. The molecule has 38 heavy (non-hydrogen) atoms. The summed E-state index contributed by atoms with van der Waals surface area (Å²) in [5, 5.41) is 9.10. The van der Waals surface area contributed by atoms with Crippen LogP contribution in [0.2, 0.25) is 0 Å². The summed E-state index contributed by atoms with van der Waals surface area (Å²) in [6.07, 6.45) is -23.2. The van der Waals surface area contributed by atoms with Gasteiger partial charge in [0, 0.05) is 12.0 Å². The van der Waals surface area contributed by atoms with E-state index in [0.717, 1.165) is 6.92 Å². The average Bonchev–Trinajstić information content (AvgIpc) is 2.68. The van der Waals surface area contributed by atoms with Crippen molar-refractivity contribution in [3.63, 3.8) is 0 Å². The van der Waals surface area contributed by atoms with Gasteiger partial charge in [-0.25, -0.2) is 9.18 Å². The number of aliphatic hydroxyl groups is 1. The molecule has 0 aliphatic rings. The van der Waals surface area contributed by atoms with Gasteiger partial charge in [0.15, 0.2) is 0 Å². The summed E-state index contributed by atoms with van der Waals surface area (Å²) in [4.78, 5) is 11.0. The largest absolute Gasteiger partial charge is 0.460 e.